The number of fused-ring (bicyclic) bond motifs is 1. The quantitative estimate of drug-likeness (QED) is 0.454. The molecule has 1 N–H and O–H groups in total. The third-order valence-electron chi connectivity index (χ3n) is 6.16. The summed E-state index contributed by atoms with van der Waals surface area (Å²) in [6, 6.07) is 9.57. The lowest BCUT2D eigenvalue weighted by molar-refractivity contribution is -0.151. The molecule has 2 atom stereocenters. The van der Waals surface area contributed by atoms with Crippen LogP contribution in [0.5, 0.6) is 0 Å². The fourth-order valence-corrected chi connectivity index (χ4v) is 6.01. The molecule has 1 aromatic carbocycles. The first-order chi connectivity index (χ1) is 16.0. The normalized spacial score (nSPS) is 19.9. The van der Waals surface area contributed by atoms with Crippen molar-refractivity contribution in [3.8, 4) is 0 Å². The average Bonchev–Trinajstić information content (AvgIpc) is 3.17. The number of ketones is 1. The van der Waals surface area contributed by atoms with Gasteiger partial charge in [-0.05, 0) is 57.1 Å². The Morgan fingerprint density at radius 2 is 1.79 bits per heavy atom. The Morgan fingerprint density at radius 3 is 2.52 bits per heavy atom. The van der Waals surface area contributed by atoms with Crippen molar-refractivity contribution in [2.75, 3.05) is 18.5 Å². The minimum atomic E-state index is -0.876. The van der Waals surface area contributed by atoms with Gasteiger partial charge in [0.05, 0.1) is 18.8 Å². The summed E-state index contributed by atoms with van der Waals surface area (Å²) in [6.45, 7) is 4.07. The number of carbonyl (C=O) groups is 3. The molecule has 1 heterocycles. The lowest BCUT2D eigenvalue weighted by Gasteiger charge is -2.29. The van der Waals surface area contributed by atoms with Gasteiger partial charge in [0.2, 0.25) is 0 Å². The number of carbonyl (C=O) groups excluding carboxylic acids is 3. The number of rotatable bonds is 7. The molecule has 0 radical (unpaired) electrons. The van der Waals surface area contributed by atoms with E-state index in [0.29, 0.717) is 24.3 Å². The first-order valence-corrected chi connectivity index (χ1v) is 12.4. The van der Waals surface area contributed by atoms with Crippen LogP contribution in [-0.4, -0.2) is 30.9 Å². The van der Waals surface area contributed by atoms with Crippen LogP contribution in [0, 0.1) is 5.92 Å². The van der Waals surface area contributed by atoms with Crippen LogP contribution in [0.3, 0.4) is 0 Å². The molecule has 0 spiro atoms. The third-order valence-corrected chi connectivity index (χ3v) is 7.37. The second kappa shape index (κ2) is 10.3. The third kappa shape index (κ3) is 4.88. The van der Waals surface area contributed by atoms with Gasteiger partial charge in [-0.25, -0.2) is 4.79 Å². The minimum Gasteiger partial charge on any atom is -0.465 e. The van der Waals surface area contributed by atoms with Gasteiger partial charge in [0.25, 0.3) is 0 Å². The number of benzene rings is 1. The highest BCUT2D eigenvalue weighted by Crippen LogP contribution is 2.42. The highest BCUT2D eigenvalue weighted by atomic mass is 32.1. The van der Waals surface area contributed by atoms with Crippen LogP contribution in [0.15, 0.2) is 42.1 Å². The van der Waals surface area contributed by atoms with Gasteiger partial charge in [-0.15, -0.1) is 11.3 Å². The van der Waals surface area contributed by atoms with Gasteiger partial charge in [-0.1, -0.05) is 30.3 Å². The van der Waals surface area contributed by atoms with Crippen molar-refractivity contribution < 1.29 is 23.9 Å². The molecule has 33 heavy (non-hydrogen) atoms. The van der Waals surface area contributed by atoms with Crippen LogP contribution in [0.25, 0.3) is 0 Å². The zero-order valence-corrected chi connectivity index (χ0v) is 19.8. The predicted molar refractivity (Wildman–Crippen MR) is 128 cm³/mol. The Hall–Kier alpha value is -2.93. The number of nitrogens with one attached hydrogen (secondary N) is 1. The summed E-state index contributed by atoms with van der Waals surface area (Å²) in [5, 5.41) is 4.10. The average molecular weight is 468 g/mol. The fourth-order valence-electron chi connectivity index (χ4n) is 4.70. The Morgan fingerprint density at radius 1 is 1.06 bits per heavy atom. The molecular weight excluding hydrogens is 438 g/mol. The lowest BCUT2D eigenvalue weighted by Crippen LogP contribution is -2.35. The highest BCUT2D eigenvalue weighted by Gasteiger charge is 2.40. The standard InChI is InChI=1S/C26H29NO5S/c1-3-31-25(29)22-19(16-10-6-5-7-11-16)14-17(15-20(22)28)27-24-23(26(30)32-4-2)18-12-8-9-13-21(18)33-24/h5-7,10-11,15,19,22,27H,3-4,8-9,12-14H2,1-2H3. The van der Waals surface area contributed by atoms with Crippen molar-refractivity contribution in [3.63, 3.8) is 0 Å². The number of aryl methyl sites for hydroxylation is 1. The molecule has 0 saturated carbocycles. The topological polar surface area (TPSA) is 81.7 Å². The summed E-state index contributed by atoms with van der Waals surface area (Å²) in [7, 11) is 0. The molecule has 174 valence electrons. The number of esters is 2. The molecule has 4 rings (SSSR count). The maximum Gasteiger partial charge on any atom is 0.341 e. The number of allylic oxidation sites excluding steroid dienone is 2. The first kappa shape index (κ1) is 23.2. The van der Waals surface area contributed by atoms with Gasteiger partial charge >= 0.3 is 11.9 Å². The molecule has 7 heteroatoms. The van der Waals surface area contributed by atoms with Crippen LogP contribution >= 0.6 is 11.3 Å². The number of thiophene rings is 1. The Kier molecular flexibility index (Phi) is 7.28. The minimum absolute atomic E-state index is 0.225. The van der Waals surface area contributed by atoms with E-state index in [1.807, 2.05) is 30.3 Å². The zero-order valence-electron chi connectivity index (χ0n) is 19.0. The largest absolute Gasteiger partial charge is 0.465 e. The summed E-state index contributed by atoms with van der Waals surface area (Å²) in [6.07, 6.45) is 5.92. The van der Waals surface area contributed by atoms with Gasteiger partial charge in [0, 0.05) is 22.6 Å². The Balaban J connectivity index is 1.68. The van der Waals surface area contributed by atoms with Gasteiger partial charge < -0.3 is 14.8 Å². The van der Waals surface area contributed by atoms with Crippen LogP contribution in [0.4, 0.5) is 5.00 Å². The number of ether oxygens (including phenoxy) is 2. The van der Waals surface area contributed by atoms with E-state index in [-0.39, 0.29) is 24.3 Å². The number of hydrogen-bond acceptors (Lipinski definition) is 7. The SMILES string of the molecule is CCOC(=O)c1c(NC2=CC(=O)C(C(=O)OCC)C(c3ccccc3)C2)sc2c1CCCC2. The van der Waals surface area contributed by atoms with Crippen molar-refractivity contribution >= 4 is 34.1 Å². The van der Waals surface area contributed by atoms with E-state index in [4.69, 9.17) is 9.47 Å². The van der Waals surface area contributed by atoms with Crippen molar-refractivity contribution in [2.45, 2.75) is 51.9 Å². The molecule has 0 bridgehead atoms. The summed E-state index contributed by atoms with van der Waals surface area (Å²) >= 11 is 1.57. The van der Waals surface area contributed by atoms with E-state index < -0.39 is 11.9 Å². The second-order valence-electron chi connectivity index (χ2n) is 8.28. The highest BCUT2D eigenvalue weighted by molar-refractivity contribution is 7.16. The molecule has 2 aliphatic carbocycles. The molecule has 6 nitrogen and oxygen atoms in total. The maximum atomic E-state index is 13.1. The van der Waals surface area contributed by atoms with E-state index in [2.05, 4.69) is 5.32 Å². The summed E-state index contributed by atoms with van der Waals surface area (Å²) < 4.78 is 10.6. The van der Waals surface area contributed by atoms with E-state index in [1.165, 1.54) is 11.0 Å². The van der Waals surface area contributed by atoms with Crippen molar-refractivity contribution in [3.05, 3.63) is 63.7 Å². The molecular formula is C26H29NO5S. The predicted octanol–water partition coefficient (Wildman–Crippen LogP) is 5.04. The molecule has 2 aromatic rings. The van der Waals surface area contributed by atoms with Crippen molar-refractivity contribution in [1.82, 2.24) is 0 Å². The molecule has 2 unspecified atom stereocenters. The van der Waals surface area contributed by atoms with E-state index in [9.17, 15) is 14.4 Å². The van der Waals surface area contributed by atoms with Crippen LogP contribution in [0.2, 0.25) is 0 Å². The van der Waals surface area contributed by atoms with Gasteiger partial charge in [0.15, 0.2) is 5.78 Å². The van der Waals surface area contributed by atoms with Gasteiger partial charge in [-0.2, -0.15) is 0 Å². The van der Waals surface area contributed by atoms with Gasteiger partial charge in [-0.3, -0.25) is 9.59 Å². The molecule has 0 fully saturated rings. The molecule has 0 aliphatic heterocycles. The van der Waals surface area contributed by atoms with E-state index in [0.717, 1.165) is 41.8 Å². The molecule has 0 amide bonds. The van der Waals surface area contributed by atoms with Crippen LogP contribution in [-0.2, 0) is 31.9 Å². The van der Waals surface area contributed by atoms with E-state index >= 15 is 0 Å². The first-order valence-electron chi connectivity index (χ1n) is 11.6. The van der Waals surface area contributed by atoms with Crippen molar-refractivity contribution in [2.24, 2.45) is 5.92 Å². The Labute approximate surface area is 198 Å². The van der Waals surface area contributed by atoms with E-state index in [1.54, 1.807) is 25.2 Å². The lowest BCUT2D eigenvalue weighted by atomic mass is 9.76. The summed E-state index contributed by atoms with van der Waals surface area (Å²) in [5.74, 6) is -2.32. The smallest absolute Gasteiger partial charge is 0.341 e. The maximum absolute atomic E-state index is 13.1. The fraction of sp³-hybridized carbons (Fsp3) is 0.423. The molecule has 2 aliphatic rings. The Bertz CT molecular complexity index is 1070. The zero-order chi connectivity index (χ0) is 23.4. The second-order valence-corrected chi connectivity index (χ2v) is 9.39. The van der Waals surface area contributed by atoms with Crippen LogP contribution in [0.1, 0.15) is 65.4 Å². The monoisotopic (exact) mass is 467 g/mol. The molecule has 1 aromatic heterocycles. The van der Waals surface area contributed by atoms with Crippen LogP contribution < -0.4 is 5.32 Å². The number of hydrogen-bond donors (Lipinski definition) is 1. The van der Waals surface area contributed by atoms with Gasteiger partial charge in [0.1, 0.15) is 10.9 Å². The summed E-state index contributed by atoms with van der Waals surface area (Å²) in [4.78, 5) is 39.8. The number of anilines is 1. The van der Waals surface area contributed by atoms with Crippen molar-refractivity contribution in [1.29, 1.82) is 0 Å². The molecule has 0 saturated heterocycles. The summed E-state index contributed by atoms with van der Waals surface area (Å²) in [5.41, 5.74) is 3.26.